The zero-order valence-corrected chi connectivity index (χ0v) is 15.9. The number of aromatic nitrogens is 1. The van der Waals surface area contributed by atoms with E-state index < -0.39 is 0 Å². The van der Waals surface area contributed by atoms with Crippen molar-refractivity contribution in [3.05, 3.63) is 51.8 Å². The first-order valence-electron chi connectivity index (χ1n) is 8.55. The van der Waals surface area contributed by atoms with Crippen molar-refractivity contribution in [3.63, 3.8) is 0 Å². The van der Waals surface area contributed by atoms with Gasteiger partial charge in [0, 0.05) is 41.5 Å². The molecule has 1 amide bonds. The topological polar surface area (TPSA) is 77.9 Å². The SMILES string of the molecule is CCC(=N)c1ccc(C(=O)Nc2c(Cl)cncc2Cl)cc1NCC1CC1. The lowest BCUT2D eigenvalue weighted by Crippen LogP contribution is -2.15. The summed E-state index contributed by atoms with van der Waals surface area (Å²) in [5, 5.41) is 14.8. The highest BCUT2D eigenvalue weighted by Crippen LogP contribution is 2.31. The number of anilines is 2. The van der Waals surface area contributed by atoms with E-state index in [1.54, 1.807) is 12.1 Å². The lowest BCUT2D eigenvalue weighted by molar-refractivity contribution is 0.102. The quantitative estimate of drug-likeness (QED) is 0.565. The minimum atomic E-state index is -0.316. The van der Waals surface area contributed by atoms with Crippen LogP contribution in [0.1, 0.15) is 42.1 Å². The van der Waals surface area contributed by atoms with Gasteiger partial charge in [-0.25, -0.2) is 0 Å². The highest BCUT2D eigenvalue weighted by atomic mass is 35.5. The smallest absolute Gasteiger partial charge is 0.255 e. The molecule has 0 radical (unpaired) electrons. The summed E-state index contributed by atoms with van der Waals surface area (Å²) in [7, 11) is 0. The van der Waals surface area contributed by atoms with Crippen LogP contribution in [0, 0.1) is 11.3 Å². The van der Waals surface area contributed by atoms with Crippen LogP contribution in [0.15, 0.2) is 30.6 Å². The van der Waals surface area contributed by atoms with Crippen molar-refractivity contribution in [1.29, 1.82) is 5.41 Å². The van der Waals surface area contributed by atoms with E-state index >= 15 is 0 Å². The highest BCUT2D eigenvalue weighted by Gasteiger charge is 2.22. The molecule has 3 N–H and O–H groups in total. The van der Waals surface area contributed by atoms with E-state index in [1.165, 1.54) is 25.2 Å². The number of hydrogen-bond acceptors (Lipinski definition) is 4. The second-order valence-corrected chi connectivity index (χ2v) is 7.16. The number of nitrogens with zero attached hydrogens (tertiary/aromatic N) is 1. The van der Waals surface area contributed by atoms with Crippen molar-refractivity contribution >= 4 is 46.2 Å². The zero-order chi connectivity index (χ0) is 18.7. The van der Waals surface area contributed by atoms with E-state index in [4.69, 9.17) is 28.6 Å². The molecule has 7 heteroatoms. The summed E-state index contributed by atoms with van der Waals surface area (Å²) in [6.45, 7) is 2.80. The number of rotatable bonds is 7. The molecule has 0 atom stereocenters. The number of carbonyl (C=O) groups is 1. The number of pyridine rings is 1. The Morgan fingerprint density at radius 2 is 1.96 bits per heavy atom. The average Bonchev–Trinajstić information content (AvgIpc) is 3.46. The molecule has 2 aromatic rings. The van der Waals surface area contributed by atoms with E-state index in [1.807, 2.05) is 13.0 Å². The molecule has 1 aliphatic rings. The third-order valence-corrected chi connectivity index (χ3v) is 4.90. The molecule has 26 heavy (non-hydrogen) atoms. The molecule has 1 saturated carbocycles. The Hall–Kier alpha value is -2.11. The van der Waals surface area contributed by atoms with Gasteiger partial charge in [-0.15, -0.1) is 0 Å². The van der Waals surface area contributed by atoms with E-state index in [0.717, 1.165) is 17.8 Å². The molecular weight excluding hydrogens is 371 g/mol. The molecule has 1 aromatic carbocycles. The van der Waals surface area contributed by atoms with Crippen LogP contribution in [0.5, 0.6) is 0 Å². The lowest BCUT2D eigenvalue weighted by Gasteiger charge is -2.15. The normalized spacial score (nSPS) is 13.3. The summed E-state index contributed by atoms with van der Waals surface area (Å²) in [6, 6.07) is 5.30. The van der Waals surface area contributed by atoms with Crippen molar-refractivity contribution in [2.24, 2.45) is 5.92 Å². The second kappa shape index (κ2) is 8.06. The van der Waals surface area contributed by atoms with Crippen LogP contribution in [-0.4, -0.2) is 23.1 Å². The molecule has 3 rings (SSSR count). The van der Waals surface area contributed by atoms with Crippen molar-refractivity contribution in [2.75, 3.05) is 17.2 Å². The minimum absolute atomic E-state index is 0.280. The maximum absolute atomic E-state index is 12.6. The van der Waals surface area contributed by atoms with Gasteiger partial charge in [0.15, 0.2) is 0 Å². The molecule has 1 heterocycles. The maximum Gasteiger partial charge on any atom is 0.255 e. The number of halogens is 2. The predicted octanol–water partition coefficient (Wildman–Crippen LogP) is 5.24. The van der Waals surface area contributed by atoms with Gasteiger partial charge in [0.2, 0.25) is 0 Å². The van der Waals surface area contributed by atoms with Crippen LogP contribution < -0.4 is 10.6 Å². The van der Waals surface area contributed by atoms with E-state index in [2.05, 4.69) is 15.6 Å². The fourth-order valence-corrected chi connectivity index (χ4v) is 3.04. The van der Waals surface area contributed by atoms with Gasteiger partial charge in [0.1, 0.15) is 0 Å². The third-order valence-electron chi connectivity index (χ3n) is 4.33. The first kappa shape index (κ1) is 18.7. The molecule has 1 fully saturated rings. The standard InChI is InChI=1S/C19H20Cl2N4O/c1-2-16(22)13-6-5-12(7-17(13)24-8-11-3-4-11)19(26)25-18-14(20)9-23-10-15(18)21/h5-7,9-11,22,24H,2-4,8H2,1H3,(H,23,25,26). The van der Waals surface area contributed by atoms with Crippen molar-refractivity contribution in [2.45, 2.75) is 26.2 Å². The number of amides is 1. The number of hydrogen-bond donors (Lipinski definition) is 3. The summed E-state index contributed by atoms with van der Waals surface area (Å²) in [5.41, 5.74) is 2.98. The first-order valence-corrected chi connectivity index (χ1v) is 9.31. The van der Waals surface area contributed by atoms with Crippen LogP contribution in [0.4, 0.5) is 11.4 Å². The van der Waals surface area contributed by atoms with E-state index in [0.29, 0.717) is 29.3 Å². The molecule has 1 aliphatic carbocycles. The van der Waals surface area contributed by atoms with Gasteiger partial charge >= 0.3 is 0 Å². The Bertz CT molecular complexity index is 829. The Kier molecular flexibility index (Phi) is 5.79. The molecule has 0 bridgehead atoms. The fraction of sp³-hybridized carbons (Fsp3) is 0.316. The average molecular weight is 391 g/mol. The van der Waals surface area contributed by atoms with Crippen LogP contribution in [-0.2, 0) is 0 Å². The Morgan fingerprint density at radius 1 is 1.27 bits per heavy atom. The Labute approximate surface area is 162 Å². The van der Waals surface area contributed by atoms with Crippen molar-refractivity contribution < 1.29 is 4.79 Å². The second-order valence-electron chi connectivity index (χ2n) is 6.35. The number of nitrogens with one attached hydrogen (secondary N) is 3. The van der Waals surface area contributed by atoms with Crippen LogP contribution >= 0.6 is 23.2 Å². The van der Waals surface area contributed by atoms with Crippen LogP contribution in [0.3, 0.4) is 0 Å². The van der Waals surface area contributed by atoms with Crippen LogP contribution in [0.25, 0.3) is 0 Å². The molecule has 5 nitrogen and oxygen atoms in total. The largest absolute Gasteiger partial charge is 0.384 e. The monoisotopic (exact) mass is 390 g/mol. The van der Waals surface area contributed by atoms with Gasteiger partial charge in [0.25, 0.3) is 5.91 Å². The highest BCUT2D eigenvalue weighted by molar-refractivity contribution is 6.39. The molecule has 136 valence electrons. The van der Waals surface area contributed by atoms with Gasteiger partial charge in [-0.1, -0.05) is 36.2 Å². The maximum atomic E-state index is 12.6. The summed E-state index contributed by atoms with van der Waals surface area (Å²) >= 11 is 12.1. The van der Waals surface area contributed by atoms with Gasteiger partial charge in [-0.2, -0.15) is 0 Å². The molecule has 0 saturated heterocycles. The van der Waals surface area contributed by atoms with Crippen molar-refractivity contribution in [3.8, 4) is 0 Å². The van der Waals surface area contributed by atoms with Gasteiger partial charge in [0.05, 0.1) is 15.7 Å². The van der Waals surface area contributed by atoms with Gasteiger partial charge < -0.3 is 16.0 Å². The third kappa shape index (κ3) is 4.34. The Balaban J connectivity index is 1.85. The zero-order valence-electron chi connectivity index (χ0n) is 14.4. The molecule has 1 aromatic heterocycles. The first-order chi connectivity index (χ1) is 12.5. The summed E-state index contributed by atoms with van der Waals surface area (Å²) in [5.74, 6) is 0.370. The molecule has 0 unspecified atom stereocenters. The summed E-state index contributed by atoms with van der Waals surface area (Å²) in [6.07, 6.45) is 5.94. The summed E-state index contributed by atoms with van der Waals surface area (Å²) < 4.78 is 0. The fourth-order valence-electron chi connectivity index (χ4n) is 2.58. The van der Waals surface area contributed by atoms with Crippen LogP contribution in [0.2, 0.25) is 10.0 Å². The van der Waals surface area contributed by atoms with Gasteiger partial charge in [-0.3, -0.25) is 9.78 Å². The number of carbonyl (C=O) groups excluding carboxylic acids is 1. The summed E-state index contributed by atoms with van der Waals surface area (Å²) in [4.78, 5) is 16.5. The van der Waals surface area contributed by atoms with Crippen molar-refractivity contribution in [1.82, 2.24) is 4.98 Å². The predicted molar refractivity (Wildman–Crippen MR) is 107 cm³/mol. The molecule has 0 spiro atoms. The Morgan fingerprint density at radius 3 is 2.58 bits per heavy atom. The minimum Gasteiger partial charge on any atom is -0.384 e. The molecule has 0 aliphatic heterocycles. The van der Waals surface area contributed by atoms with Gasteiger partial charge in [-0.05, 0) is 37.3 Å². The lowest BCUT2D eigenvalue weighted by atomic mass is 10.0. The van der Waals surface area contributed by atoms with E-state index in [9.17, 15) is 4.79 Å². The molecular formula is C19H20Cl2N4O. The van der Waals surface area contributed by atoms with E-state index in [-0.39, 0.29) is 16.0 Å². The number of benzene rings is 1.